The molecular formula is C29H27F3N9O2+. The van der Waals surface area contributed by atoms with E-state index in [9.17, 15) is 22.8 Å². The summed E-state index contributed by atoms with van der Waals surface area (Å²) in [5.74, 6) is 0.439. The second kappa shape index (κ2) is 10.6. The third-order valence-corrected chi connectivity index (χ3v) is 7.42. The number of nitrogens with one attached hydrogen (secondary N) is 2. The van der Waals surface area contributed by atoms with Gasteiger partial charge in [-0.25, -0.2) is 14.5 Å². The van der Waals surface area contributed by atoms with E-state index >= 15 is 0 Å². The Morgan fingerprint density at radius 2 is 1.70 bits per heavy atom. The Kier molecular flexibility index (Phi) is 6.92. The van der Waals surface area contributed by atoms with Gasteiger partial charge < -0.3 is 16.4 Å². The molecule has 2 aromatic heterocycles. The normalized spacial score (nSPS) is 14.4. The highest BCUT2D eigenvalue weighted by Gasteiger charge is 2.35. The molecule has 3 aromatic carbocycles. The van der Waals surface area contributed by atoms with Gasteiger partial charge in [0.1, 0.15) is 11.4 Å². The fourth-order valence-electron chi connectivity index (χ4n) is 5.05. The van der Waals surface area contributed by atoms with E-state index in [0.717, 1.165) is 30.1 Å². The monoisotopic (exact) mass is 590 g/mol. The molecule has 0 radical (unpaired) electrons. The molecule has 5 aromatic rings. The summed E-state index contributed by atoms with van der Waals surface area (Å²) in [4.78, 5) is 35.2. The highest BCUT2D eigenvalue weighted by molar-refractivity contribution is 5.86. The molecule has 43 heavy (non-hydrogen) atoms. The van der Waals surface area contributed by atoms with Crippen molar-refractivity contribution in [2.45, 2.75) is 6.18 Å². The molecule has 1 aliphatic rings. The molecule has 1 saturated heterocycles. The number of aromatic nitrogens is 4. The summed E-state index contributed by atoms with van der Waals surface area (Å²) in [5, 5.41) is 10.7. The molecule has 3 heterocycles. The molecule has 1 aliphatic heterocycles. The van der Waals surface area contributed by atoms with E-state index in [0.29, 0.717) is 24.3 Å². The molecule has 0 amide bonds. The van der Waals surface area contributed by atoms with Crippen molar-refractivity contribution < 1.29 is 17.7 Å². The fourth-order valence-corrected chi connectivity index (χ4v) is 5.05. The first-order valence-electron chi connectivity index (χ1n) is 13.4. The van der Waals surface area contributed by atoms with Crippen LogP contribution in [0.4, 0.5) is 42.0 Å². The van der Waals surface area contributed by atoms with Crippen LogP contribution in [0.25, 0.3) is 22.2 Å². The molecule has 0 aliphatic carbocycles. The fraction of sp³-hybridized carbons (Fsp3) is 0.241. The SMILES string of the molecule is CN1CC[N+](=Cc2ccc(Nc3c(Nc4cc(-c5ccc6nc(N)ncc6c5)n(C)n4)c(=O)c3=O)cc2C(F)(F)F)CC1. The summed E-state index contributed by atoms with van der Waals surface area (Å²) in [5.41, 5.74) is 5.16. The first-order valence-corrected chi connectivity index (χ1v) is 13.4. The molecule has 6 rings (SSSR count). The summed E-state index contributed by atoms with van der Waals surface area (Å²) < 4.78 is 45.5. The van der Waals surface area contributed by atoms with E-state index in [2.05, 4.69) is 30.6 Å². The van der Waals surface area contributed by atoms with E-state index in [1.165, 1.54) is 18.3 Å². The Morgan fingerprint density at radius 1 is 0.977 bits per heavy atom. The lowest BCUT2D eigenvalue weighted by Gasteiger charge is -2.20. The van der Waals surface area contributed by atoms with E-state index < -0.39 is 22.6 Å². The second-order valence-electron chi connectivity index (χ2n) is 10.5. The second-order valence-corrected chi connectivity index (χ2v) is 10.5. The Balaban J connectivity index is 1.26. The number of benzene rings is 2. The van der Waals surface area contributed by atoms with Crippen LogP contribution in [0.15, 0.2) is 58.3 Å². The van der Waals surface area contributed by atoms with Crippen LogP contribution < -0.4 is 27.2 Å². The number of nitrogen functional groups attached to an aromatic ring is 1. The van der Waals surface area contributed by atoms with Crippen LogP contribution in [-0.4, -0.2) is 68.7 Å². The number of hydrogen-bond donors (Lipinski definition) is 3. The lowest BCUT2D eigenvalue weighted by Crippen LogP contribution is -2.40. The van der Waals surface area contributed by atoms with Crippen LogP contribution >= 0.6 is 0 Å². The topological polar surface area (TPSA) is 134 Å². The van der Waals surface area contributed by atoms with Crippen molar-refractivity contribution in [2.24, 2.45) is 7.05 Å². The zero-order valence-electron chi connectivity index (χ0n) is 23.2. The zero-order valence-corrected chi connectivity index (χ0v) is 23.2. The number of nitrogens with two attached hydrogens (primary N) is 1. The molecule has 0 saturated carbocycles. The number of alkyl halides is 3. The summed E-state index contributed by atoms with van der Waals surface area (Å²) in [6, 6.07) is 10.9. The van der Waals surface area contributed by atoms with Gasteiger partial charge in [0, 0.05) is 35.9 Å². The van der Waals surface area contributed by atoms with Crippen LogP contribution in [0, 0.1) is 0 Å². The number of piperazine rings is 1. The highest BCUT2D eigenvalue weighted by atomic mass is 19.4. The van der Waals surface area contributed by atoms with E-state index in [1.807, 2.05) is 23.8 Å². The van der Waals surface area contributed by atoms with Gasteiger partial charge in [0.15, 0.2) is 25.1 Å². The van der Waals surface area contributed by atoms with E-state index in [-0.39, 0.29) is 34.4 Å². The molecule has 14 heteroatoms. The molecule has 0 atom stereocenters. The molecule has 4 N–H and O–H groups in total. The Labute approximate surface area is 242 Å². The molecule has 1 fully saturated rings. The molecule has 11 nitrogen and oxygen atoms in total. The van der Waals surface area contributed by atoms with Crippen LogP contribution in [0.3, 0.4) is 0 Å². The number of anilines is 5. The maximum Gasteiger partial charge on any atom is 0.417 e. The number of nitrogens with zero attached hydrogens (tertiary/aromatic N) is 6. The third-order valence-electron chi connectivity index (χ3n) is 7.42. The maximum absolute atomic E-state index is 14.0. The van der Waals surface area contributed by atoms with Crippen molar-refractivity contribution in [3.8, 4) is 11.3 Å². The Morgan fingerprint density at radius 3 is 2.42 bits per heavy atom. The van der Waals surface area contributed by atoms with Gasteiger partial charge in [0.2, 0.25) is 5.95 Å². The first-order chi connectivity index (χ1) is 20.5. The van der Waals surface area contributed by atoms with Crippen LogP contribution in [-0.2, 0) is 13.2 Å². The Bertz CT molecular complexity index is 1960. The van der Waals surface area contributed by atoms with Crippen molar-refractivity contribution in [1.29, 1.82) is 0 Å². The van der Waals surface area contributed by atoms with Gasteiger partial charge in [-0.05, 0) is 37.4 Å². The van der Waals surface area contributed by atoms with Crippen molar-refractivity contribution in [1.82, 2.24) is 24.6 Å². The van der Waals surface area contributed by atoms with Crippen LogP contribution in [0.1, 0.15) is 11.1 Å². The van der Waals surface area contributed by atoms with Gasteiger partial charge in [0.05, 0.1) is 35.4 Å². The summed E-state index contributed by atoms with van der Waals surface area (Å²) in [6.07, 6.45) is -1.50. The third kappa shape index (κ3) is 5.56. The van der Waals surface area contributed by atoms with Gasteiger partial charge in [0.25, 0.3) is 10.9 Å². The van der Waals surface area contributed by atoms with Gasteiger partial charge in [-0.2, -0.15) is 18.3 Å². The number of likely N-dealkylation sites (N-methyl/N-ethyl adjacent to an activating group) is 1. The quantitative estimate of drug-likeness (QED) is 0.202. The number of hydrogen-bond acceptors (Lipinski definition) is 9. The highest BCUT2D eigenvalue weighted by Crippen LogP contribution is 2.35. The summed E-state index contributed by atoms with van der Waals surface area (Å²) >= 11 is 0. The lowest BCUT2D eigenvalue weighted by atomic mass is 10.1. The van der Waals surface area contributed by atoms with Gasteiger partial charge >= 0.3 is 6.18 Å². The van der Waals surface area contributed by atoms with Gasteiger partial charge in [-0.3, -0.25) is 19.2 Å². The largest absolute Gasteiger partial charge is 0.417 e. The number of aryl methyl sites for hydroxylation is 1. The average Bonchev–Trinajstić information content (AvgIpc) is 3.35. The molecular weight excluding hydrogens is 563 g/mol. The van der Waals surface area contributed by atoms with Crippen LogP contribution in [0.5, 0.6) is 0 Å². The minimum Gasteiger partial charge on any atom is -0.368 e. The molecule has 0 spiro atoms. The van der Waals surface area contributed by atoms with Gasteiger partial charge in [-0.15, -0.1) is 0 Å². The van der Waals surface area contributed by atoms with Crippen molar-refractivity contribution in [3.63, 3.8) is 0 Å². The Hall–Kier alpha value is -5.11. The summed E-state index contributed by atoms with van der Waals surface area (Å²) in [7, 11) is 3.68. The molecule has 220 valence electrons. The van der Waals surface area contributed by atoms with Gasteiger partial charge in [-0.1, -0.05) is 6.07 Å². The first kappa shape index (κ1) is 28.0. The average molecular weight is 591 g/mol. The predicted octanol–water partition coefficient (Wildman–Crippen LogP) is 3.09. The van der Waals surface area contributed by atoms with E-state index in [4.69, 9.17) is 5.73 Å². The minimum absolute atomic E-state index is 0.0238. The predicted molar refractivity (Wildman–Crippen MR) is 158 cm³/mol. The van der Waals surface area contributed by atoms with E-state index in [1.54, 1.807) is 30.1 Å². The number of halogens is 3. The smallest absolute Gasteiger partial charge is 0.368 e. The lowest BCUT2D eigenvalue weighted by molar-refractivity contribution is -0.534. The van der Waals surface area contributed by atoms with Crippen molar-refractivity contribution in [3.05, 3.63) is 80.2 Å². The number of rotatable bonds is 6. The van der Waals surface area contributed by atoms with Crippen LogP contribution in [0.2, 0.25) is 0 Å². The maximum atomic E-state index is 14.0. The standard InChI is InChI=1S/C29H26F3N9O2/c1-39-7-9-41(10-8-39)15-17-3-5-19(12-20(17)29(30,31)32)35-24-25(27(43)26(24)42)37-23-13-22(40(2)38-23)16-4-6-21-18(11-16)14-34-28(33)36-21/h3-6,11-15H,7-10H2,1-2H3,(H3,33,34,36,37,38,42)/p+1. The number of fused-ring (bicyclic) bond motifs is 1. The zero-order chi connectivity index (χ0) is 30.5. The summed E-state index contributed by atoms with van der Waals surface area (Å²) in [6.45, 7) is 2.74. The molecule has 0 unspecified atom stereocenters. The van der Waals surface area contributed by atoms with Crippen molar-refractivity contribution >= 4 is 45.9 Å². The minimum atomic E-state index is -4.63. The van der Waals surface area contributed by atoms with Crippen molar-refractivity contribution in [2.75, 3.05) is 49.6 Å². The molecule has 0 bridgehead atoms.